The number of nitrogens with zero attached hydrogens (tertiary/aromatic N) is 1. The smallest absolute Gasteiger partial charge is 0.303 e. The van der Waals surface area contributed by atoms with Crippen molar-refractivity contribution in [1.29, 1.82) is 0 Å². The summed E-state index contributed by atoms with van der Waals surface area (Å²) in [7, 11) is 2.27. The molecular formula is C35H40NO4+. The average Bonchev–Trinajstić information content (AvgIpc) is 2.99. The van der Waals surface area contributed by atoms with E-state index in [1.807, 2.05) is 48.5 Å². The van der Waals surface area contributed by atoms with E-state index in [9.17, 15) is 4.79 Å². The van der Waals surface area contributed by atoms with Crippen LogP contribution in [0.4, 0.5) is 5.69 Å². The van der Waals surface area contributed by atoms with Gasteiger partial charge in [-0.1, -0.05) is 84.9 Å². The number of carbonyl (C=O) groups is 1. The molecule has 4 aromatic rings. The predicted molar refractivity (Wildman–Crippen MR) is 162 cm³/mol. The number of aliphatic carboxylic acids is 1. The minimum atomic E-state index is -0.721. The fourth-order valence-corrected chi connectivity index (χ4v) is 4.86. The van der Waals surface area contributed by atoms with Crippen LogP contribution in [0, 0.1) is 0 Å². The molecule has 208 valence electrons. The number of quaternary nitrogens is 1. The second kappa shape index (κ2) is 14.9. The summed E-state index contributed by atoms with van der Waals surface area (Å²) in [6, 6.07) is 37.2. The first kappa shape index (κ1) is 28.9. The highest BCUT2D eigenvalue weighted by Gasteiger charge is 2.24. The summed E-state index contributed by atoms with van der Waals surface area (Å²) in [5.74, 6) is 0.768. The third-order valence-electron chi connectivity index (χ3n) is 7.30. The average molecular weight is 539 g/mol. The minimum absolute atomic E-state index is 0.236. The van der Waals surface area contributed by atoms with Crippen LogP contribution >= 0.6 is 0 Å². The van der Waals surface area contributed by atoms with Gasteiger partial charge in [0, 0.05) is 12.8 Å². The summed E-state index contributed by atoms with van der Waals surface area (Å²) in [6.45, 7) is 2.83. The van der Waals surface area contributed by atoms with Crippen molar-refractivity contribution in [2.45, 2.75) is 45.3 Å². The zero-order valence-electron chi connectivity index (χ0n) is 23.4. The van der Waals surface area contributed by atoms with E-state index in [4.69, 9.17) is 14.6 Å². The van der Waals surface area contributed by atoms with E-state index in [-0.39, 0.29) is 6.42 Å². The predicted octanol–water partition coefficient (Wildman–Crippen LogP) is 7.67. The maximum atomic E-state index is 10.9. The van der Waals surface area contributed by atoms with Crippen LogP contribution in [-0.4, -0.2) is 31.2 Å². The first-order chi connectivity index (χ1) is 19.5. The molecule has 0 amide bonds. The summed E-state index contributed by atoms with van der Waals surface area (Å²) in [4.78, 5) is 10.9. The Bertz CT molecular complexity index is 1310. The van der Waals surface area contributed by atoms with Crippen LogP contribution in [0.2, 0.25) is 0 Å². The second-order valence-corrected chi connectivity index (χ2v) is 10.5. The molecule has 5 heteroatoms. The number of para-hydroxylation sites is 1. The molecule has 0 saturated carbocycles. The maximum absolute atomic E-state index is 10.9. The third-order valence-corrected chi connectivity index (χ3v) is 7.30. The van der Waals surface area contributed by atoms with E-state index in [1.54, 1.807) is 0 Å². The second-order valence-electron chi connectivity index (χ2n) is 10.5. The van der Waals surface area contributed by atoms with Crippen molar-refractivity contribution >= 4 is 11.7 Å². The molecule has 0 bridgehead atoms. The number of rotatable bonds is 16. The normalized spacial score (nSPS) is 12.4. The largest absolute Gasteiger partial charge is 0.485 e. The van der Waals surface area contributed by atoms with E-state index >= 15 is 0 Å². The summed E-state index contributed by atoms with van der Waals surface area (Å²) >= 11 is 0. The lowest BCUT2D eigenvalue weighted by Gasteiger charge is -2.34. The highest BCUT2D eigenvalue weighted by molar-refractivity contribution is 5.66. The number of ether oxygens (including phenoxy) is 2. The number of hydrogen-bond donors (Lipinski definition) is 1. The third kappa shape index (κ3) is 8.99. The van der Waals surface area contributed by atoms with Crippen LogP contribution < -0.4 is 14.0 Å². The van der Waals surface area contributed by atoms with E-state index in [0.29, 0.717) is 13.2 Å². The Labute approximate surface area is 238 Å². The molecular weight excluding hydrogens is 498 g/mol. The van der Waals surface area contributed by atoms with Gasteiger partial charge >= 0.3 is 5.97 Å². The molecule has 4 aromatic carbocycles. The SMILES string of the molecule is C[N+](CCCCCC(=O)O)(CCc1ccc(OCc2ccccc2)c(OCc2ccccc2)c1)c1ccccc1. The lowest BCUT2D eigenvalue weighted by Crippen LogP contribution is -2.47. The molecule has 0 saturated heterocycles. The van der Waals surface area contributed by atoms with Crippen molar-refractivity contribution in [3.8, 4) is 11.5 Å². The fourth-order valence-electron chi connectivity index (χ4n) is 4.86. The summed E-state index contributed by atoms with van der Waals surface area (Å²) in [5.41, 5.74) is 4.68. The van der Waals surface area contributed by atoms with Crippen LogP contribution in [0.1, 0.15) is 42.4 Å². The molecule has 4 rings (SSSR count). The van der Waals surface area contributed by atoms with Gasteiger partial charge in [0.15, 0.2) is 11.5 Å². The number of benzene rings is 4. The first-order valence-corrected chi connectivity index (χ1v) is 14.1. The first-order valence-electron chi connectivity index (χ1n) is 14.1. The number of likely N-dealkylation sites (N-methyl/N-ethyl adjacent to an activating group) is 1. The molecule has 5 nitrogen and oxygen atoms in total. The molecule has 0 aromatic heterocycles. The van der Waals surface area contributed by atoms with Crippen molar-refractivity contribution in [3.05, 3.63) is 126 Å². The van der Waals surface area contributed by atoms with Crippen molar-refractivity contribution in [2.24, 2.45) is 0 Å². The van der Waals surface area contributed by atoms with Gasteiger partial charge in [0.1, 0.15) is 18.9 Å². The molecule has 1 N–H and O–H groups in total. The van der Waals surface area contributed by atoms with Gasteiger partial charge in [-0.25, -0.2) is 0 Å². The van der Waals surface area contributed by atoms with Crippen LogP contribution in [0.5, 0.6) is 11.5 Å². The van der Waals surface area contributed by atoms with Gasteiger partial charge in [0.05, 0.1) is 20.1 Å². The molecule has 0 radical (unpaired) electrons. The lowest BCUT2D eigenvalue weighted by molar-refractivity contribution is -0.137. The van der Waals surface area contributed by atoms with Crippen molar-refractivity contribution in [3.63, 3.8) is 0 Å². The highest BCUT2D eigenvalue weighted by atomic mass is 16.5. The quantitative estimate of drug-likeness (QED) is 0.117. The Morgan fingerprint density at radius 3 is 1.82 bits per heavy atom. The number of carboxylic acids is 1. The molecule has 0 fully saturated rings. The summed E-state index contributed by atoms with van der Waals surface area (Å²) < 4.78 is 13.3. The molecule has 1 unspecified atom stereocenters. The number of hydrogen-bond acceptors (Lipinski definition) is 3. The van der Waals surface area contributed by atoms with Gasteiger partial charge < -0.3 is 14.6 Å². The topological polar surface area (TPSA) is 55.8 Å². The zero-order valence-corrected chi connectivity index (χ0v) is 23.4. The van der Waals surface area contributed by atoms with Crippen molar-refractivity contribution in [2.75, 3.05) is 20.1 Å². The molecule has 0 aliphatic rings. The van der Waals surface area contributed by atoms with Crippen LogP contribution in [0.3, 0.4) is 0 Å². The summed E-state index contributed by atoms with van der Waals surface area (Å²) in [6.07, 6.45) is 3.73. The molecule has 0 aliphatic heterocycles. The molecule has 1 atom stereocenters. The number of carboxylic acid groups (broad SMARTS) is 1. The van der Waals surface area contributed by atoms with Gasteiger partial charge in [0.2, 0.25) is 0 Å². The molecule has 40 heavy (non-hydrogen) atoms. The van der Waals surface area contributed by atoms with E-state index < -0.39 is 5.97 Å². The van der Waals surface area contributed by atoms with Gasteiger partial charge in [0.25, 0.3) is 0 Å². The monoisotopic (exact) mass is 538 g/mol. The van der Waals surface area contributed by atoms with Crippen LogP contribution in [-0.2, 0) is 24.4 Å². The highest BCUT2D eigenvalue weighted by Crippen LogP contribution is 2.31. The minimum Gasteiger partial charge on any atom is -0.485 e. The van der Waals surface area contributed by atoms with Crippen molar-refractivity contribution < 1.29 is 19.4 Å². The lowest BCUT2D eigenvalue weighted by atomic mass is 10.1. The Morgan fingerprint density at radius 2 is 1.23 bits per heavy atom. The Hall–Kier alpha value is -4.09. The van der Waals surface area contributed by atoms with Gasteiger partial charge in [-0.2, -0.15) is 0 Å². The molecule has 0 heterocycles. The summed E-state index contributed by atoms with van der Waals surface area (Å²) in [5, 5.41) is 8.97. The number of unbranched alkanes of at least 4 members (excludes halogenated alkanes) is 2. The van der Waals surface area contributed by atoms with Gasteiger partial charge in [-0.15, -0.1) is 0 Å². The standard InChI is InChI=1S/C35H39NO4/c1-36(32-18-10-4-11-19-32,24-13-5-12-20-35(37)38)25-23-29-21-22-33(39-27-30-14-6-2-7-15-30)34(26-29)40-28-31-16-8-3-9-17-31/h2-4,6-11,14-19,21-22,26H,5,12-13,20,23-25,27-28H2,1H3/p+1. The van der Waals surface area contributed by atoms with Crippen LogP contribution in [0.25, 0.3) is 0 Å². The Balaban J connectivity index is 1.47. The van der Waals surface area contributed by atoms with Gasteiger partial charge in [-0.05, 0) is 60.2 Å². The van der Waals surface area contributed by atoms with E-state index in [0.717, 1.165) is 65.9 Å². The van der Waals surface area contributed by atoms with Crippen LogP contribution in [0.15, 0.2) is 109 Å². The Kier molecular flexibility index (Phi) is 10.8. The zero-order chi connectivity index (χ0) is 28.0. The van der Waals surface area contributed by atoms with Gasteiger partial charge in [-0.3, -0.25) is 9.28 Å². The molecule has 0 spiro atoms. The fraction of sp³-hybridized carbons (Fsp3) is 0.286. The van der Waals surface area contributed by atoms with E-state index in [2.05, 4.69) is 67.7 Å². The Morgan fingerprint density at radius 1 is 0.650 bits per heavy atom. The van der Waals surface area contributed by atoms with E-state index in [1.165, 1.54) is 11.3 Å². The maximum Gasteiger partial charge on any atom is 0.303 e. The van der Waals surface area contributed by atoms with Crippen molar-refractivity contribution in [1.82, 2.24) is 4.48 Å². The molecule has 0 aliphatic carbocycles.